The average Bonchev–Trinajstić information content (AvgIpc) is 3.22. The number of carbonyl (C=O) groups excluding carboxylic acids is 1. The van der Waals surface area contributed by atoms with Gasteiger partial charge in [-0.25, -0.2) is 12.7 Å². The number of aliphatic imine (C=N–C) groups is 1. The zero-order valence-electron chi connectivity index (χ0n) is 17.1. The first-order valence-corrected chi connectivity index (χ1v) is 13.2. The number of Topliss-reactive ketones (excluding diaryl/α,β-unsaturated/α-hetero) is 1. The van der Waals surface area contributed by atoms with E-state index in [1.807, 2.05) is 43.3 Å². The van der Waals surface area contributed by atoms with E-state index in [0.717, 1.165) is 11.1 Å². The lowest BCUT2D eigenvalue weighted by Crippen LogP contribution is -2.48. The Labute approximate surface area is 204 Å². The number of rotatable bonds is 6. The lowest BCUT2D eigenvalue weighted by atomic mass is 9.94. The molecule has 0 bridgehead atoms. The maximum atomic E-state index is 13.8. The highest BCUT2D eigenvalue weighted by molar-refractivity contribution is 9.25. The second-order valence-electron chi connectivity index (χ2n) is 7.43. The van der Waals surface area contributed by atoms with E-state index >= 15 is 0 Å². The van der Waals surface area contributed by atoms with Crippen LogP contribution in [0.15, 0.2) is 94.8 Å². The van der Waals surface area contributed by atoms with Gasteiger partial charge in [-0.15, -0.1) is 0 Å². The molecule has 0 amide bonds. The smallest absolute Gasteiger partial charge is 0.266 e. The molecule has 0 saturated carbocycles. The lowest BCUT2D eigenvalue weighted by Gasteiger charge is -2.29. The van der Waals surface area contributed by atoms with Gasteiger partial charge in [0.25, 0.3) is 10.0 Å². The Morgan fingerprint density at radius 1 is 0.906 bits per heavy atom. The van der Waals surface area contributed by atoms with Crippen LogP contribution in [0.3, 0.4) is 0 Å². The van der Waals surface area contributed by atoms with Crippen LogP contribution in [0.25, 0.3) is 0 Å². The fourth-order valence-electron chi connectivity index (χ4n) is 3.72. The summed E-state index contributed by atoms with van der Waals surface area (Å²) in [6.07, 6.45) is 0. The maximum Gasteiger partial charge on any atom is 0.266 e. The lowest BCUT2D eigenvalue weighted by molar-refractivity contribution is 0.0916. The minimum atomic E-state index is -4.07. The highest BCUT2D eigenvalue weighted by Crippen LogP contribution is 2.39. The molecule has 0 saturated heterocycles. The fourth-order valence-corrected chi connectivity index (χ4v) is 6.28. The van der Waals surface area contributed by atoms with Crippen molar-refractivity contribution in [3.8, 4) is 0 Å². The monoisotopic (exact) mass is 574 g/mol. The maximum absolute atomic E-state index is 13.8. The van der Waals surface area contributed by atoms with Crippen molar-refractivity contribution in [2.45, 2.75) is 27.6 Å². The first kappa shape index (κ1) is 22.9. The van der Waals surface area contributed by atoms with Gasteiger partial charge in [-0.05, 0) is 24.6 Å². The molecule has 3 aromatic carbocycles. The molecule has 164 valence electrons. The van der Waals surface area contributed by atoms with Crippen molar-refractivity contribution >= 4 is 53.5 Å². The van der Waals surface area contributed by atoms with Crippen molar-refractivity contribution in [3.63, 3.8) is 0 Å². The summed E-state index contributed by atoms with van der Waals surface area (Å²) >= 11 is 6.84. The molecule has 1 aliphatic rings. The fraction of sp³-hybridized carbons (Fsp3) is 0.167. The summed E-state index contributed by atoms with van der Waals surface area (Å²) in [6, 6.07) is 22.9. The summed E-state index contributed by atoms with van der Waals surface area (Å²) < 4.78 is 28.3. The summed E-state index contributed by atoms with van der Waals surface area (Å²) in [6.45, 7) is 1.89. The molecule has 2 atom stereocenters. The van der Waals surface area contributed by atoms with E-state index in [0.29, 0.717) is 5.56 Å². The van der Waals surface area contributed by atoms with Crippen molar-refractivity contribution in [3.05, 3.63) is 102 Å². The Bertz CT molecular complexity index is 1250. The minimum absolute atomic E-state index is 0.107. The Morgan fingerprint density at radius 2 is 1.47 bits per heavy atom. The van der Waals surface area contributed by atoms with E-state index in [1.54, 1.807) is 48.5 Å². The van der Waals surface area contributed by atoms with Gasteiger partial charge in [0, 0.05) is 5.56 Å². The van der Waals surface area contributed by atoms with E-state index in [-0.39, 0.29) is 16.5 Å². The zero-order valence-corrected chi connectivity index (χ0v) is 21.1. The highest BCUT2D eigenvalue weighted by atomic mass is 79.9. The molecule has 1 heterocycles. The number of carbonyl (C=O) groups is 1. The third-order valence-corrected chi connectivity index (χ3v) is 7.91. The Hall–Kier alpha value is -2.29. The van der Waals surface area contributed by atoms with Gasteiger partial charge in [-0.3, -0.25) is 9.79 Å². The number of hydrogen-bond acceptors (Lipinski definition) is 4. The molecule has 5 nitrogen and oxygen atoms in total. The van der Waals surface area contributed by atoms with Gasteiger partial charge >= 0.3 is 0 Å². The van der Waals surface area contributed by atoms with Crippen LogP contribution in [0.2, 0.25) is 0 Å². The highest BCUT2D eigenvalue weighted by Gasteiger charge is 2.49. The normalized spacial score (nSPS) is 18.6. The second kappa shape index (κ2) is 9.29. The first-order chi connectivity index (χ1) is 15.3. The van der Waals surface area contributed by atoms with Gasteiger partial charge in [0.15, 0.2) is 5.78 Å². The standard InChI is InChI=1S/C24H20Br2N2O3S/c1-16-12-14-19(15-13-16)32(30,31)28-21(22(29)18-10-6-3-7-11-18)20(27-24(28)23(25)26)17-8-4-2-5-9-17/h2-15,20-21,23H,1H3/t20-,21+/m0/s1. The molecule has 1 aliphatic heterocycles. The first-order valence-electron chi connectivity index (χ1n) is 9.92. The third kappa shape index (κ3) is 4.31. The Morgan fingerprint density at radius 3 is 2.03 bits per heavy atom. The largest absolute Gasteiger partial charge is 0.292 e. The number of amidine groups is 1. The molecular formula is C24H20Br2N2O3S. The van der Waals surface area contributed by atoms with Crippen LogP contribution < -0.4 is 0 Å². The van der Waals surface area contributed by atoms with Crippen LogP contribution in [0.1, 0.15) is 27.5 Å². The van der Waals surface area contributed by atoms with Crippen LogP contribution in [0, 0.1) is 6.92 Å². The SMILES string of the molecule is Cc1ccc(S(=O)(=O)N2C(C(Br)Br)=N[C@@H](c3ccccc3)[C@@H]2C(=O)c2ccccc2)cc1. The van der Waals surface area contributed by atoms with Crippen LogP contribution in [-0.2, 0) is 10.0 Å². The Balaban J connectivity index is 1.90. The molecule has 0 fully saturated rings. The number of sulfonamides is 1. The summed E-state index contributed by atoms with van der Waals surface area (Å²) in [4.78, 5) is 18.6. The minimum Gasteiger partial charge on any atom is -0.292 e. The predicted octanol–water partition coefficient (Wildman–Crippen LogP) is 5.51. The summed E-state index contributed by atoms with van der Waals surface area (Å²) in [5, 5.41) is 0. The van der Waals surface area contributed by atoms with Gasteiger partial charge < -0.3 is 0 Å². The number of benzene rings is 3. The number of nitrogens with zero attached hydrogens (tertiary/aromatic N) is 2. The van der Waals surface area contributed by atoms with E-state index in [1.165, 1.54) is 4.31 Å². The molecule has 0 spiro atoms. The molecule has 0 aromatic heterocycles. The molecule has 0 N–H and O–H groups in total. The van der Waals surface area contributed by atoms with Crippen molar-refractivity contribution in [2.75, 3.05) is 0 Å². The molecule has 32 heavy (non-hydrogen) atoms. The van der Waals surface area contributed by atoms with E-state index < -0.39 is 25.8 Å². The van der Waals surface area contributed by atoms with E-state index in [9.17, 15) is 13.2 Å². The molecule has 8 heteroatoms. The van der Waals surface area contributed by atoms with E-state index in [4.69, 9.17) is 4.99 Å². The van der Waals surface area contributed by atoms with Gasteiger partial charge in [0.05, 0.1) is 4.90 Å². The van der Waals surface area contributed by atoms with Gasteiger partial charge in [0.1, 0.15) is 21.7 Å². The average molecular weight is 576 g/mol. The van der Waals surface area contributed by atoms with Crippen molar-refractivity contribution in [1.29, 1.82) is 0 Å². The predicted molar refractivity (Wildman–Crippen MR) is 133 cm³/mol. The molecule has 3 aromatic rings. The molecule has 0 aliphatic carbocycles. The zero-order chi connectivity index (χ0) is 22.9. The number of aryl methyl sites for hydroxylation is 1. The molecule has 0 unspecified atom stereocenters. The number of hydrogen-bond donors (Lipinski definition) is 0. The van der Waals surface area contributed by atoms with Crippen LogP contribution in [0.4, 0.5) is 0 Å². The van der Waals surface area contributed by atoms with E-state index in [2.05, 4.69) is 31.9 Å². The van der Waals surface area contributed by atoms with Crippen LogP contribution in [-0.4, -0.2) is 34.1 Å². The van der Waals surface area contributed by atoms with Crippen molar-refractivity contribution in [1.82, 2.24) is 4.31 Å². The van der Waals surface area contributed by atoms with Crippen LogP contribution in [0.5, 0.6) is 0 Å². The number of halogens is 2. The quantitative estimate of drug-likeness (QED) is 0.288. The summed E-state index contributed by atoms with van der Waals surface area (Å²) in [5.41, 5.74) is 2.14. The molecule has 0 radical (unpaired) electrons. The number of ketones is 1. The summed E-state index contributed by atoms with van der Waals surface area (Å²) in [7, 11) is -4.07. The second-order valence-corrected chi connectivity index (χ2v) is 12.3. The van der Waals surface area contributed by atoms with Gasteiger partial charge in [-0.2, -0.15) is 0 Å². The third-order valence-electron chi connectivity index (χ3n) is 5.29. The van der Waals surface area contributed by atoms with Gasteiger partial charge in [0.2, 0.25) is 0 Å². The van der Waals surface area contributed by atoms with Gasteiger partial charge in [-0.1, -0.05) is 110 Å². The molecule has 4 rings (SSSR count). The van der Waals surface area contributed by atoms with Crippen molar-refractivity contribution in [2.24, 2.45) is 4.99 Å². The Kier molecular flexibility index (Phi) is 6.65. The van der Waals surface area contributed by atoms with Crippen molar-refractivity contribution < 1.29 is 13.2 Å². The van der Waals surface area contributed by atoms with Crippen LogP contribution >= 0.6 is 31.9 Å². The summed E-state index contributed by atoms with van der Waals surface area (Å²) in [5.74, 6) is -0.0803. The molecular weight excluding hydrogens is 556 g/mol. The topological polar surface area (TPSA) is 66.8 Å². The number of alkyl halides is 2.